The van der Waals surface area contributed by atoms with Gasteiger partial charge < -0.3 is 29.1 Å². The van der Waals surface area contributed by atoms with E-state index in [2.05, 4.69) is 18.0 Å². The van der Waals surface area contributed by atoms with Gasteiger partial charge in [-0.25, -0.2) is 4.79 Å². The minimum Gasteiger partial charge on any atom is -0.462 e. The maximum Gasteiger partial charge on any atom is 0.418 e. The molecule has 0 N–H and O–H groups in total. The molecule has 13 heteroatoms. The van der Waals surface area contributed by atoms with E-state index in [4.69, 9.17) is 19.4 Å². The molecule has 0 radical (unpaired) electrons. The first-order valence-corrected chi connectivity index (χ1v) is 15.9. The molecule has 0 aliphatic carbocycles. The number of likely N-dealkylation sites (tertiary alicyclic amines) is 1. The predicted molar refractivity (Wildman–Crippen MR) is 169 cm³/mol. The highest BCUT2D eigenvalue weighted by molar-refractivity contribution is 5.69. The second kappa shape index (κ2) is 14.0. The van der Waals surface area contributed by atoms with Crippen LogP contribution in [0.25, 0.3) is 0 Å². The average Bonchev–Trinajstić information content (AvgIpc) is 3.50. The van der Waals surface area contributed by atoms with Gasteiger partial charge in [-0.3, -0.25) is 0 Å². The maximum atomic E-state index is 13.9. The molecule has 2 aromatic carbocycles. The first-order valence-electron chi connectivity index (χ1n) is 15.9. The van der Waals surface area contributed by atoms with E-state index in [1.165, 1.54) is 12.1 Å². The molecule has 1 aromatic heterocycles. The number of anilines is 2. The quantitative estimate of drug-likeness (QED) is 0.323. The number of carbonyl (C=O) groups is 1. The molecule has 248 valence electrons. The van der Waals surface area contributed by atoms with Crippen molar-refractivity contribution in [2.75, 3.05) is 56.2 Å². The summed E-state index contributed by atoms with van der Waals surface area (Å²) in [6, 6.07) is 17.1. The van der Waals surface area contributed by atoms with Crippen LogP contribution < -0.4 is 14.5 Å². The largest absolute Gasteiger partial charge is 0.462 e. The van der Waals surface area contributed by atoms with Crippen LogP contribution in [-0.4, -0.2) is 84.3 Å². The van der Waals surface area contributed by atoms with Gasteiger partial charge in [0.05, 0.1) is 36.3 Å². The van der Waals surface area contributed by atoms with Crippen molar-refractivity contribution in [2.24, 2.45) is 0 Å². The first-order chi connectivity index (χ1) is 22.7. The number of alkyl halides is 3. The number of aromatic nitrogens is 2. The molecule has 1 amide bonds. The Balaban J connectivity index is 1.26. The third kappa shape index (κ3) is 7.38. The van der Waals surface area contributed by atoms with E-state index in [0.29, 0.717) is 50.7 Å². The zero-order valence-electron chi connectivity index (χ0n) is 26.3. The highest BCUT2D eigenvalue weighted by Gasteiger charge is 2.37. The molecule has 2 unspecified atom stereocenters. The van der Waals surface area contributed by atoms with E-state index in [9.17, 15) is 23.2 Å². The number of likely N-dealkylation sites (N-methyl/N-ethyl adjacent to an activating group) is 1. The Kier molecular flexibility index (Phi) is 9.68. The monoisotopic (exact) mass is 649 g/mol. The summed E-state index contributed by atoms with van der Waals surface area (Å²) in [6.45, 7) is 3.09. The van der Waals surface area contributed by atoms with Gasteiger partial charge in [0.25, 0.3) is 0 Å². The molecule has 0 bridgehead atoms. The third-order valence-electron chi connectivity index (χ3n) is 9.20. The summed E-state index contributed by atoms with van der Waals surface area (Å²) in [6.07, 6.45) is -2.38. The molecule has 2 atom stereocenters. The molecule has 2 fully saturated rings. The van der Waals surface area contributed by atoms with E-state index in [0.717, 1.165) is 36.6 Å². The number of hydrogen-bond donors (Lipinski definition) is 0. The SMILES string of the molecule is CN1CCCC1COc1nc2c(c(N3CCN(C(=O)OCc4ccccc4)C(CC#N)C3)n1)CCN(c1ccccc1C(F)(F)F)C2. The Morgan fingerprint density at radius 1 is 1.00 bits per heavy atom. The number of benzene rings is 2. The van der Waals surface area contributed by atoms with Gasteiger partial charge in [0.1, 0.15) is 19.0 Å². The van der Waals surface area contributed by atoms with Gasteiger partial charge in [-0.05, 0) is 50.6 Å². The number of amides is 1. The number of nitriles is 1. The second-order valence-corrected chi connectivity index (χ2v) is 12.2. The lowest BCUT2D eigenvalue weighted by Gasteiger charge is -2.42. The second-order valence-electron chi connectivity index (χ2n) is 12.2. The molecule has 0 spiro atoms. The highest BCUT2D eigenvalue weighted by Crippen LogP contribution is 2.39. The Labute approximate surface area is 272 Å². The van der Waals surface area contributed by atoms with Crippen molar-refractivity contribution in [2.45, 2.75) is 57.1 Å². The van der Waals surface area contributed by atoms with Crippen LogP contribution in [0.15, 0.2) is 54.6 Å². The Morgan fingerprint density at radius 2 is 1.79 bits per heavy atom. The van der Waals surface area contributed by atoms with Crippen LogP contribution in [0.5, 0.6) is 6.01 Å². The molecule has 10 nitrogen and oxygen atoms in total. The number of carbonyl (C=O) groups excluding carboxylic acids is 1. The van der Waals surface area contributed by atoms with Gasteiger partial charge in [0.15, 0.2) is 0 Å². The summed E-state index contributed by atoms with van der Waals surface area (Å²) < 4.78 is 53.5. The molecule has 0 saturated carbocycles. The normalized spacial score (nSPS) is 20.1. The van der Waals surface area contributed by atoms with Crippen molar-refractivity contribution < 1.29 is 27.4 Å². The van der Waals surface area contributed by atoms with E-state index >= 15 is 0 Å². The molecular formula is C34H38F3N7O3. The third-order valence-corrected chi connectivity index (χ3v) is 9.20. The number of piperazine rings is 1. The van der Waals surface area contributed by atoms with Crippen molar-refractivity contribution in [3.05, 3.63) is 77.0 Å². The van der Waals surface area contributed by atoms with E-state index < -0.39 is 23.9 Å². The minimum absolute atomic E-state index is 0.101. The van der Waals surface area contributed by atoms with Crippen LogP contribution >= 0.6 is 0 Å². The van der Waals surface area contributed by atoms with Crippen LogP contribution in [0.4, 0.5) is 29.5 Å². The van der Waals surface area contributed by atoms with Gasteiger partial charge in [0.2, 0.25) is 0 Å². The van der Waals surface area contributed by atoms with E-state index in [1.54, 1.807) is 15.9 Å². The summed E-state index contributed by atoms with van der Waals surface area (Å²) in [7, 11) is 2.05. The van der Waals surface area contributed by atoms with Crippen molar-refractivity contribution in [3.63, 3.8) is 0 Å². The zero-order valence-corrected chi connectivity index (χ0v) is 26.3. The number of para-hydroxylation sites is 1. The van der Waals surface area contributed by atoms with Crippen LogP contribution in [0.2, 0.25) is 0 Å². The molecule has 2 saturated heterocycles. The van der Waals surface area contributed by atoms with E-state index in [-0.39, 0.29) is 37.3 Å². The van der Waals surface area contributed by atoms with Crippen molar-refractivity contribution in [1.82, 2.24) is 19.8 Å². The van der Waals surface area contributed by atoms with Gasteiger partial charge in [0, 0.05) is 43.5 Å². The average molecular weight is 650 g/mol. The lowest BCUT2D eigenvalue weighted by molar-refractivity contribution is -0.137. The first kappa shape index (κ1) is 32.4. The van der Waals surface area contributed by atoms with Crippen molar-refractivity contribution in [3.8, 4) is 12.1 Å². The predicted octanol–water partition coefficient (Wildman–Crippen LogP) is 5.27. The molecular weight excluding hydrogens is 611 g/mol. The summed E-state index contributed by atoms with van der Waals surface area (Å²) in [4.78, 5) is 30.3. The molecule has 3 aliphatic rings. The molecule has 6 rings (SSSR count). The Bertz CT molecular complexity index is 1600. The molecule has 3 aromatic rings. The summed E-state index contributed by atoms with van der Waals surface area (Å²) in [5.74, 6) is 0.633. The van der Waals surface area contributed by atoms with Gasteiger partial charge >= 0.3 is 18.3 Å². The number of nitrogens with zero attached hydrogens (tertiary/aromatic N) is 7. The fourth-order valence-electron chi connectivity index (χ4n) is 6.64. The zero-order chi connectivity index (χ0) is 33.0. The fraction of sp³-hybridized carbons (Fsp3) is 0.471. The van der Waals surface area contributed by atoms with Gasteiger partial charge in [-0.2, -0.15) is 28.4 Å². The van der Waals surface area contributed by atoms with Crippen LogP contribution in [0, 0.1) is 11.3 Å². The Hall–Kier alpha value is -4.57. The Morgan fingerprint density at radius 3 is 2.53 bits per heavy atom. The minimum atomic E-state index is -4.49. The number of rotatable bonds is 8. The number of ether oxygens (including phenoxy) is 2. The van der Waals surface area contributed by atoms with Crippen molar-refractivity contribution in [1.29, 1.82) is 5.26 Å². The topological polar surface area (TPSA) is 98.1 Å². The van der Waals surface area contributed by atoms with Gasteiger partial charge in [-0.1, -0.05) is 42.5 Å². The number of fused-ring (bicyclic) bond motifs is 1. The van der Waals surface area contributed by atoms with Crippen LogP contribution in [0.1, 0.15) is 41.6 Å². The van der Waals surface area contributed by atoms with Crippen molar-refractivity contribution >= 4 is 17.6 Å². The summed E-state index contributed by atoms with van der Waals surface area (Å²) in [5.41, 5.74) is 1.74. The smallest absolute Gasteiger partial charge is 0.418 e. The maximum absolute atomic E-state index is 13.9. The number of hydrogen-bond acceptors (Lipinski definition) is 9. The summed E-state index contributed by atoms with van der Waals surface area (Å²) in [5, 5.41) is 9.65. The van der Waals surface area contributed by atoms with Crippen LogP contribution in [0.3, 0.4) is 0 Å². The molecule has 3 aliphatic heterocycles. The lowest BCUT2D eigenvalue weighted by atomic mass is 10.0. The molecule has 47 heavy (non-hydrogen) atoms. The standard InChI is InChI=1S/C34H38F3N7O3/c1-41-16-7-10-26(41)23-46-32-39-29-21-42(30-12-6-5-11-28(30)34(35,36)37)17-14-27(29)31(40-32)43-18-19-44(25(20-43)13-15-38)33(45)47-22-24-8-3-2-4-9-24/h2-6,8-9,11-12,25-26H,7,10,13-14,16-23H2,1H3. The molecule has 4 heterocycles. The van der Waals surface area contributed by atoms with Gasteiger partial charge in [-0.15, -0.1) is 0 Å². The highest BCUT2D eigenvalue weighted by atomic mass is 19.4. The van der Waals surface area contributed by atoms with Crippen LogP contribution in [-0.2, 0) is 30.5 Å². The van der Waals surface area contributed by atoms with E-state index in [1.807, 2.05) is 35.2 Å². The number of halogens is 3. The fourth-order valence-corrected chi connectivity index (χ4v) is 6.64. The lowest BCUT2D eigenvalue weighted by Crippen LogP contribution is -2.55. The summed E-state index contributed by atoms with van der Waals surface area (Å²) >= 11 is 0.